The number of carbonyl (C=O) groups is 2. The highest BCUT2D eigenvalue weighted by Crippen LogP contribution is 2.36. The topological polar surface area (TPSA) is 90.4 Å². The fourth-order valence-corrected chi connectivity index (χ4v) is 3.32. The Morgan fingerprint density at radius 2 is 1.70 bits per heavy atom. The zero-order chi connectivity index (χ0) is 21.3. The van der Waals surface area contributed by atoms with Crippen LogP contribution in [0.1, 0.15) is 11.1 Å². The molecule has 7 heteroatoms. The molecule has 0 spiro atoms. The molecule has 0 aliphatic heterocycles. The van der Waals surface area contributed by atoms with Gasteiger partial charge in [0.25, 0.3) is 0 Å². The van der Waals surface area contributed by atoms with Crippen molar-refractivity contribution in [2.24, 2.45) is 0 Å². The molecule has 7 nitrogen and oxygen atoms in total. The Labute approximate surface area is 173 Å². The van der Waals surface area contributed by atoms with Gasteiger partial charge in [-0.3, -0.25) is 9.59 Å². The lowest BCUT2D eigenvalue weighted by Gasteiger charge is -2.16. The minimum absolute atomic E-state index is 0.220. The first-order valence-corrected chi connectivity index (χ1v) is 9.23. The molecule has 0 amide bonds. The minimum Gasteiger partial charge on any atom is -0.493 e. The van der Waals surface area contributed by atoms with Gasteiger partial charge in [0.15, 0.2) is 23.1 Å². The van der Waals surface area contributed by atoms with E-state index < -0.39 is 0 Å². The molecule has 0 unspecified atom stereocenters. The fourth-order valence-electron chi connectivity index (χ4n) is 3.32. The highest BCUT2D eigenvalue weighted by atomic mass is 16.5. The van der Waals surface area contributed by atoms with E-state index in [1.165, 1.54) is 24.6 Å². The summed E-state index contributed by atoms with van der Waals surface area (Å²) in [6, 6.07) is 9.21. The Hall–Kier alpha value is -4.00. The van der Waals surface area contributed by atoms with Crippen molar-refractivity contribution in [3.05, 3.63) is 66.0 Å². The van der Waals surface area contributed by atoms with E-state index >= 15 is 0 Å². The lowest BCUT2D eigenvalue weighted by molar-refractivity contribution is -0.113. The predicted molar refractivity (Wildman–Crippen MR) is 114 cm³/mol. The summed E-state index contributed by atoms with van der Waals surface area (Å²) >= 11 is 0. The van der Waals surface area contributed by atoms with E-state index in [0.717, 1.165) is 10.9 Å². The number of ether oxygens (including phenoxy) is 2. The first kappa shape index (κ1) is 19.3. The van der Waals surface area contributed by atoms with Crippen LogP contribution < -0.4 is 14.8 Å². The zero-order valence-corrected chi connectivity index (χ0v) is 16.7. The summed E-state index contributed by atoms with van der Waals surface area (Å²) in [6.07, 6.45) is 5.36. The summed E-state index contributed by atoms with van der Waals surface area (Å²) in [5, 5.41) is 4.01. The van der Waals surface area contributed by atoms with E-state index in [1.54, 1.807) is 26.4 Å². The van der Waals surface area contributed by atoms with Gasteiger partial charge in [0.05, 0.1) is 19.7 Å². The van der Waals surface area contributed by atoms with E-state index in [-0.39, 0.29) is 11.6 Å². The second-order valence-electron chi connectivity index (χ2n) is 6.78. The molecule has 0 fully saturated rings. The lowest BCUT2D eigenvalue weighted by atomic mass is 9.93. The van der Waals surface area contributed by atoms with Crippen molar-refractivity contribution in [1.29, 1.82) is 0 Å². The van der Waals surface area contributed by atoms with Gasteiger partial charge in [0, 0.05) is 28.3 Å². The fraction of sp³-hybridized carbons (Fsp3) is 0.130. The number of hydrogen-bond acceptors (Lipinski definition) is 7. The van der Waals surface area contributed by atoms with Gasteiger partial charge in [-0.15, -0.1) is 0 Å². The minimum atomic E-state index is -0.221. The van der Waals surface area contributed by atoms with Crippen molar-refractivity contribution in [3.8, 4) is 11.5 Å². The number of rotatable bonds is 5. The number of nitrogens with one attached hydrogen (secondary N) is 1. The van der Waals surface area contributed by atoms with Gasteiger partial charge >= 0.3 is 0 Å². The number of carbonyl (C=O) groups excluding carboxylic acids is 2. The summed E-state index contributed by atoms with van der Waals surface area (Å²) in [7, 11) is 3.12. The molecule has 30 heavy (non-hydrogen) atoms. The molecule has 1 aromatic heterocycles. The zero-order valence-electron chi connectivity index (χ0n) is 16.7. The lowest BCUT2D eigenvalue weighted by Crippen LogP contribution is -2.09. The Bertz CT molecular complexity index is 1240. The van der Waals surface area contributed by atoms with Gasteiger partial charge in [-0.05, 0) is 43.4 Å². The average molecular weight is 401 g/mol. The third kappa shape index (κ3) is 3.53. The summed E-state index contributed by atoms with van der Waals surface area (Å²) in [5.74, 6) is 1.21. The van der Waals surface area contributed by atoms with Crippen LogP contribution in [0.3, 0.4) is 0 Å². The number of allylic oxidation sites excluding steroid dienone is 4. The first-order chi connectivity index (χ1) is 14.5. The Kier molecular flexibility index (Phi) is 5.02. The molecule has 2 aromatic carbocycles. The second-order valence-corrected chi connectivity index (χ2v) is 6.78. The number of aryl methyl sites for hydroxylation is 1. The van der Waals surface area contributed by atoms with Crippen LogP contribution >= 0.6 is 0 Å². The molecular formula is C23H19N3O4. The third-order valence-electron chi connectivity index (χ3n) is 4.81. The molecule has 1 aliphatic rings. The number of nitrogens with zero attached hydrogens (tertiary/aromatic N) is 2. The smallest absolute Gasteiger partial charge is 0.186 e. The summed E-state index contributed by atoms with van der Waals surface area (Å²) in [6.45, 7) is 1.93. The molecule has 0 radical (unpaired) electrons. The van der Waals surface area contributed by atoms with Crippen molar-refractivity contribution in [2.45, 2.75) is 6.92 Å². The highest BCUT2D eigenvalue weighted by molar-refractivity contribution is 6.34. The van der Waals surface area contributed by atoms with E-state index in [4.69, 9.17) is 9.47 Å². The van der Waals surface area contributed by atoms with Gasteiger partial charge in [0.1, 0.15) is 12.1 Å². The molecule has 0 bridgehead atoms. The van der Waals surface area contributed by atoms with Crippen molar-refractivity contribution >= 4 is 39.5 Å². The molecule has 0 atom stereocenters. The molecule has 0 saturated carbocycles. The van der Waals surface area contributed by atoms with Gasteiger partial charge in [-0.2, -0.15) is 0 Å². The van der Waals surface area contributed by atoms with Crippen LogP contribution in [0.15, 0.2) is 54.9 Å². The molecule has 0 saturated heterocycles. The number of methoxy groups -OCH3 is 2. The van der Waals surface area contributed by atoms with Crippen LogP contribution in [-0.2, 0) is 9.59 Å². The second kappa shape index (κ2) is 7.79. The van der Waals surface area contributed by atoms with Crippen LogP contribution in [0, 0.1) is 6.92 Å². The Morgan fingerprint density at radius 1 is 0.933 bits per heavy atom. The van der Waals surface area contributed by atoms with Crippen molar-refractivity contribution in [3.63, 3.8) is 0 Å². The monoisotopic (exact) mass is 401 g/mol. The van der Waals surface area contributed by atoms with Crippen molar-refractivity contribution in [2.75, 3.05) is 19.5 Å². The van der Waals surface area contributed by atoms with Crippen LogP contribution in [0.2, 0.25) is 0 Å². The maximum absolute atomic E-state index is 12.4. The van der Waals surface area contributed by atoms with Gasteiger partial charge in [0.2, 0.25) is 0 Å². The first-order valence-electron chi connectivity index (χ1n) is 9.23. The third-order valence-corrected chi connectivity index (χ3v) is 4.81. The number of hydrogen-bond donors (Lipinski definition) is 1. The normalized spacial score (nSPS) is 13.4. The number of benzene rings is 2. The van der Waals surface area contributed by atoms with Crippen LogP contribution in [-0.4, -0.2) is 35.8 Å². The quantitative estimate of drug-likeness (QED) is 0.651. The van der Waals surface area contributed by atoms with E-state index in [2.05, 4.69) is 15.3 Å². The van der Waals surface area contributed by atoms with Crippen LogP contribution in [0.25, 0.3) is 16.5 Å². The van der Waals surface area contributed by atoms with E-state index in [9.17, 15) is 9.59 Å². The predicted octanol–water partition coefficient (Wildman–Crippen LogP) is 3.79. The molecule has 3 aromatic rings. The van der Waals surface area contributed by atoms with Crippen molar-refractivity contribution < 1.29 is 19.1 Å². The standard InChI is InChI=1S/C23H19N3O4/c1-13-4-6-18(15(8-13)16-9-14(27)5-7-20(16)28)26-23-17-10-21(29-2)22(30-3)11-19(17)24-12-25-23/h4-12H,1-3H3,(H,24,25,26). The summed E-state index contributed by atoms with van der Waals surface area (Å²) in [4.78, 5) is 33.0. The molecule has 1 aliphatic carbocycles. The van der Waals surface area contributed by atoms with Crippen LogP contribution in [0.5, 0.6) is 11.5 Å². The molecular weight excluding hydrogens is 382 g/mol. The summed E-state index contributed by atoms with van der Waals surface area (Å²) < 4.78 is 10.7. The largest absolute Gasteiger partial charge is 0.493 e. The van der Waals surface area contributed by atoms with Gasteiger partial charge in [-0.1, -0.05) is 11.6 Å². The molecule has 1 heterocycles. The molecule has 150 valence electrons. The maximum Gasteiger partial charge on any atom is 0.186 e. The number of ketones is 2. The van der Waals surface area contributed by atoms with Gasteiger partial charge in [-0.25, -0.2) is 9.97 Å². The van der Waals surface area contributed by atoms with Crippen molar-refractivity contribution in [1.82, 2.24) is 9.97 Å². The number of anilines is 2. The van der Waals surface area contributed by atoms with Gasteiger partial charge < -0.3 is 14.8 Å². The average Bonchev–Trinajstić information content (AvgIpc) is 2.75. The van der Waals surface area contributed by atoms with E-state index in [0.29, 0.717) is 39.7 Å². The number of fused-ring (bicyclic) bond motifs is 1. The molecule has 1 N–H and O–H groups in total. The highest BCUT2D eigenvalue weighted by Gasteiger charge is 2.19. The number of aromatic nitrogens is 2. The SMILES string of the molecule is COc1cc2ncnc(Nc3ccc(C)cc3C3=CC(=O)C=CC3=O)c2cc1OC. The van der Waals surface area contributed by atoms with Crippen LogP contribution in [0.4, 0.5) is 11.5 Å². The Morgan fingerprint density at radius 3 is 2.47 bits per heavy atom. The Balaban J connectivity index is 1.83. The molecule has 4 rings (SSSR count). The summed E-state index contributed by atoms with van der Waals surface area (Å²) in [5.41, 5.74) is 3.25. The maximum atomic E-state index is 12.4. The van der Waals surface area contributed by atoms with E-state index in [1.807, 2.05) is 25.1 Å².